The molecule has 0 unspecified atom stereocenters. The molecule has 2 N–H and O–H groups in total. The van der Waals surface area contributed by atoms with Crippen LogP contribution in [0.3, 0.4) is 0 Å². The van der Waals surface area contributed by atoms with E-state index in [1.807, 2.05) is 0 Å². The Morgan fingerprint density at radius 1 is 1.40 bits per heavy atom. The van der Waals surface area contributed by atoms with Gasteiger partial charge in [-0.1, -0.05) is 11.8 Å². The third kappa shape index (κ3) is 6.64. The fourth-order valence-electron chi connectivity index (χ4n) is 1.35. The van der Waals surface area contributed by atoms with Gasteiger partial charge < -0.3 is 15.2 Å². The lowest BCUT2D eigenvalue weighted by Gasteiger charge is -2.19. The van der Waals surface area contributed by atoms with E-state index in [9.17, 15) is 14.3 Å². The number of benzene rings is 1. The molecule has 0 aliphatic heterocycles. The van der Waals surface area contributed by atoms with Crippen LogP contribution in [0.4, 0.5) is 9.18 Å². The fourth-order valence-corrected chi connectivity index (χ4v) is 1.35. The first-order valence-electron chi connectivity index (χ1n) is 6.21. The molecular weight excluding hydrogens is 261 g/mol. The Morgan fingerprint density at radius 3 is 2.70 bits per heavy atom. The highest BCUT2D eigenvalue weighted by Gasteiger charge is 2.15. The number of alkyl carbamates (subject to hydrolysis) is 1. The predicted molar refractivity (Wildman–Crippen MR) is 73.8 cm³/mol. The van der Waals surface area contributed by atoms with Crippen molar-refractivity contribution in [2.45, 2.75) is 32.8 Å². The molecule has 5 heteroatoms. The zero-order chi connectivity index (χ0) is 15.2. The highest BCUT2D eigenvalue weighted by Crippen LogP contribution is 2.13. The van der Waals surface area contributed by atoms with Gasteiger partial charge in [0, 0.05) is 24.6 Å². The van der Waals surface area contributed by atoms with Crippen LogP contribution in [0.2, 0.25) is 0 Å². The summed E-state index contributed by atoms with van der Waals surface area (Å²) in [5, 5.41) is 11.8. The van der Waals surface area contributed by atoms with E-state index in [-0.39, 0.29) is 5.75 Å². The van der Waals surface area contributed by atoms with Crippen molar-refractivity contribution in [1.82, 2.24) is 5.32 Å². The summed E-state index contributed by atoms with van der Waals surface area (Å²) in [7, 11) is 0. The average Bonchev–Trinajstić information content (AvgIpc) is 2.24. The number of ether oxygens (including phenoxy) is 1. The lowest BCUT2D eigenvalue weighted by molar-refractivity contribution is 0.0529. The second kappa shape index (κ2) is 6.80. The van der Waals surface area contributed by atoms with Gasteiger partial charge in [0.2, 0.25) is 0 Å². The summed E-state index contributed by atoms with van der Waals surface area (Å²) in [5.74, 6) is 4.78. The van der Waals surface area contributed by atoms with Gasteiger partial charge >= 0.3 is 6.09 Å². The standard InChI is InChI=1S/C15H18FNO3/c1-15(2,3)20-14(19)17-7-5-4-6-11-8-12(16)10-13(18)9-11/h8-10,18H,5,7H2,1-3H3,(H,17,19). The molecule has 0 atom stereocenters. The van der Waals surface area contributed by atoms with E-state index < -0.39 is 17.5 Å². The molecule has 1 aromatic carbocycles. The SMILES string of the molecule is CC(C)(C)OC(=O)NCCC#Cc1cc(O)cc(F)c1. The number of aromatic hydroxyl groups is 1. The Morgan fingerprint density at radius 2 is 2.10 bits per heavy atom. The van der Waals surface area contributed by atoms with Crippen molar-refractivity contribution in [2.24, 2.45) is 0 Å². The lowest BCUT2D eigenvalue weighted by Crippen LogP contribution is -2.32. The van der Waals surface area contributed by atoms with Crippen LogP contribution < -0.4 is 5.32 Å². The highest BCUT2D eigenvalue weighted by atomic mass is 19.1. The van der Waals surface area contributed by atoms with Gasteiger partial charge in [-0.3, -0.25) is 0 Å². The number of hydrogen-bond donors (Lipinski definition) is 2. The second-order valence-corrected chi connectivity index (χ2v) is 5.18. The molecule has 108 valence electrons. The molecule has 0 spiro atoms. The topological polar surface area (TPSA) is 58.6 Å². The van der Waals surface area contributed by atoms with Crippen LogP contribution in [0.15, 0.2) is 18.2 Å². The first-order valence-corrected chi connectivity index (χ1v) is 6.21. The molecular formula is C15H18FNO3. The minimum atomic E-state index is -0.541. The normalized spacial score (nSPS) is 10.4. The van der Waals surface area contributed by atoms with Crippen LogP contribution in [0.25, 0.3) is 0 Å². The monoisotopic (exact) mass is 279 g/mol. The summed E-state index contributed by atoms with van der Waals surface area (Å²) < 4.78 is 18.0. The number of halogens is 1. The molecule has 1 aromatic rings. The Balaban J connectivity index is 2.38. The molecule has 0 fully saturated rings. The molecule has 0 radical (unpaired) electrons. The number of phenols is 1. The van der Waals surface area contributed by atoms with E-state index in [0.717, 1.165) is 6.07 Å². The maximum absolute atomic E-state index is 13.0. The van der Waals surface area contributed by atoms with E-state index in [1.54, 1.807) is 20.8 Å². The number of phenolic OH excluding ortho intramolecular Hbond substituents is 1. The summed E-state index contributed by atoms with van der Waals surface area (Å²) in [5.41, 5.74) is -0.144. The molecule has 0 bridgehead atoms. The number of nitrogens with one attached hydrogen (secondary N) is 1. The van der Waals surface area contributed by atoms with Crippen molar-refractivity contribution in [2.75, 3.05) is 6.54 Å². The third-order valence-electron chi connectivity index (χ3n) is 2.03. The van der Waals surface area contributed by atoms with Gasteiger partial charge in [0.1, 0.15) is 17.2 Å². The molecule has 0 saturated carbocycles. The zero-order valence-electron chi connectivity index (χ0n) is 11.8. The number of amides is 1. The van der Waals surface area contributed by atoms with E-state index in [4.69, 9.17) is 4.74 Å². The van der Waals surface area contributed by atoms with Gasteiger partial charge in [0.15, 0.2) is 0 Å². The molecule has 0 aliphatic carbocycles. The van der Waals surface area contributed by atoms with Crippen LogP contribution in [0.1, 0.15) is 32.8 Å². The van der Waals surface area contributed by atoms with Crippen molar-refractivity contribution in [3.8, 4) is 17.6 Å². The largest absolute Gasteiger partial charge is 0.508 e. The second-order valence-electron chi connectivity index (χ2n) is 5.18. The summed E-state index contributed by atoms with van der Waals surface area (Å²) in [4.78, 5) is 11.3. The molecule has 20 heavy (non-hydrogen) atoms. The lowest BCUT2D eigenvalue weighted by atomic mass is 10.2. The molecule has 0 saturated heterocycles. The number of hydrogen-bond acceptors (Lipinski definition) is 3. The number of carbonyl (C=O) groups is 1. The third-order valence-corrected chi connectivity index (χ3v) is 2.03. The van der Waals surface area contributed by atoms with Gasteiger partial charge in [-0.2, -0.15) is 0 Å². The van der Waals surface area contributed by atoms with Gasteiger partial charge in [-0.05, 0) is 32.9 Å². The van der Waals surface area contributed by atoms with E-state index in [0.29, 0.717) is 18.5 Å². The molecule has 0 aliphatic rings. The van der Waals surface area contributed by atoms with Crippen LogP contribution in [0, 0.1) is 17.7 Å². The molecule has 1 amide bonds. The maximum Gasteiger partial charge on any atom is 0.407 e. The van der Waals surface area contributed by atoms with Crippen molar-refractivity contribution in [1.29, 1.82) is 0 Å². The quantitative estimate of drug-likeness (QED) is 0.646. The molecule has 0 heterocycles. The summed E-state index contributed by atoms with van der Waals surface area (Å²) in [6.07, 6.45) is -0.0982. The van der Waals surface area contributed by atoms with Crippen molar-refractivity contribution in [3.05, 3.63) is 29.6 Å². The maximum atomic E-state index is 13.0. The van der Waals surface area contributed by atoms with Crippen LogP contribution >= 0.6 is 0 Å². The minimum absolute atomic E-state index is 0.166. The van der Waals surface area contributed by atoms with E-state index in [2.05, 4.69) is 17.2 Å². The molecule has 1 rings (SSSR count). The number of carbonyl (C=O) groups excluding carboxylic acids is 1. The predicted octanol–water partition coefficient (Wildman–Crippen LogP) is 2.80. The summed E-state index contributed by atoms with van der Waals surface area (Å²) in [6, 6.07) is 3.61. The Labute approximate surface area is 117 Å². The van der Waals surface area contributed by atoms with Gasteiger partial charge in [-0.25, -0.2) is 9.18 Å². The van der Waals surface area contributed by atoms with Crippen LogP contribution in [-0.4, -0.2) is 23.3 Å². The fraction of sp³-hybridized carbons (Fsp3) is 0.400. The van der Waals surface area contributed by atoms with Crippen molar-refractivity contribution in [3.63, 3.8) is 0 Å². The summed E-state index contributed by atoms with van der Waals surface area (Å²) in [6.45, 7) is 5.68. The Bertz CT molecular complexity index is 518. The van der Waals surface area contributed by atoms with Gasteiger partial charge in [0.05, 0.1) is 0 Å². The Hall–Kier alpha value is -2.22. The zero-order valence-corrected chi connectivity index (χ0v) is 11.8. The van der Waals surface area contributed by atoms with Gasteiger partial charge in [0.25, 0.3) is 0 Å². The van der Waals surface area contributed by atoms with Gasteiger partial charge in [-0.15, -0.1) is 0 Å². The highest BCUT2D eigenvalue weighted by molar-refractivity contribution is 5.67. The van der Waals surface area contributed by atoms with Crippen molar-refractivity contribution < 1.29 is 19.0 Å². The van der Waals surface area contributed by atoms with E-state index in [1.165, 1.54) is 12.1 Å². The summed E-state index contributed by atoms with van der Waals surface area (Å²) >= 11 is 0. The van der Waals surface area contributed by atoms with Crippen molar-refractivity contribution >= 4 is 6.09 Å². The van der Waals surface area contributed by atoms with E-state index >= 15 is 0 Å². The minimum Gasteiger partial charge on any atom is -0.508 e. The van der Waals surface area contributed by atoms with Crippen LogP contribution in [-0.2, 0) is 4.74 Å². The average molecular weight is 279 g/mol. The molecule has 4 nitrogen and oxygen atoms in total. The first kappa shape index (κ1) is 15.8. The smallest absolute Gasteiger partial charge is 0.407 e. The first-order chi connectivity index (χ1) is 9.26. The van der Waals surface area contributed by atoms with Crippen LogP contribution in [0.5, 0.6) is 5.75 Å². The number of rotatable bonds is 2. The Kier molecular flexibility index (Phi) is 5.39. The molecule has 0 aromatic heterocycles.